The molecule has 2 aromatic carbocycles. The van der Waals surface area contributed by atoms with Crippen LogP contribution in [0.4, 0.5) is 8.78 Å². The number of aliphatic hydroxyl groups is 1. The van der Waals surface area contributed by atoms with Gasteiger partial charge >= 0.3 is 5.97 Å². The third-order valence-electron chi connectivity index (χ3n) is 13.7. The SMILES string of the molecule is CCn1c(-c2cccnc2[C@H](C)O)c2c3cc(ccc31)-c1cccc(c1)C[C@]([Si])(NC(=O)[C@H](C(C)C)N(C)C(=O)[C@]1(C=S)CCN(C(=O)/C=C/C(F)F)C1)C(=O)N1CCC[C@H](N1)C(=O)OCC(C)(C)C2. The molecule has 18 heteroatoms. The van der Waals surface area contributed by atoms with Gasteiger partial charge in [0.1, 0.15) is 17.2 Å². The number of esters is 1. The minimum Gasteiger partial charge on any atom is -0.464 e. The van der Waals surface area contributed by atoms with Crippen molar-refractivity contribution in [3.05, 3.63) is 89.8 Å². The molecule has 2 aromatic heterocycles. The number of hydrogen-bond acceptors (Lipinski definition) is 10. The van der Waals surface area contributed by atoms with Gasteiger partial charge in [-0.25, -0.2) is 14.2 Å². The number of alkyl halides is 2. The van der Waals surface area contributed by atoms with Crippen LogP contribution in [0.25, 0.3) is 33.3 Å². The Hall–Kier alpha value is -5.69. The Balaban J connectivity index is 1.29. The lowest BCUT2D eigenvalue weighted by molar-refractivity contribution is -0.156. The zero-order chi connectivity index (χ0) is 50.9. The average Bonchev–Trinajstić information content (AvgIpc) is 3.91. The summed E-state index contributed by atoms with van der Waals surface area (Å²) in [6.07, 6.45) is 0.679. The maximum Gasteiger partial charge on any atom is 0.324 e. The van der Waals surface area contributed by atoms with Crippen molar-refractivity contribution in [1.82, 2.24) is 35.1 Å². The number of fused-ring (bicyclic) bond motifs is 6. The summed E-state index contributed by atoms with van der Waals surface area (Å²) in [5, 5.41) is 15.7. The molecule has 14 nitrogen and oxygen atoms in total. The Labute approximate surface area is 416 Å². The van der Waals surface area contributed by atoms with E-state index in [9.17, 15) is 33.1 Å². The Morgan fingerprint density at radius 2 is 1.81 bits per heavy atom. The van der Waals surface area contributed by atoms with E-state index in [1.54, 1.807) is 27.0 Å². The number of likely N-dealkylation sites (N-methyl/N-ethyl adjacent to an activating group) is 1. The lowest BCUT2D eigenvalue weighted by Crippen LogP contribution is -2.69. The third kappa shape index (κ3) is 10.6. The van der Waals surface area contributed by atoms with Crippen LogP contribution in [-0.2, 0) is 48.1 Å². The molecule has 0 unspecified atom stereocenters. The van der Waals surface area contributed by atoms with E-state index < -0.39 is 76.1 Å². The van der Waals surface area contributed by atoms with Gasteiger partial charge < -0.3 is 29.5 Å². The third-order valence-corrected chi connectivity index (χ3v) is 14.6. The van der Waals surface area contributed by atoms with Crippen molar-refractivity contribution in [2.24, 2.45) is 16.7 Å². The number of halogens is 2. The fourth-order valence-corrected chi connectivity index (χ4v) is 11.0. The van der Waals surface area contributed by atoms with Gasteiger partial charge in [-0.1, -0.05) is 70.2 Å². The van der Waals surface area contributed by atoms with Gasteiger partial charge in [-0.15, -0.1) is 0 Å². The largest absolute Gasteiger partial charge is 0.464 e. The first-order valence-electron chi connectivity index (χ1n) is 23.8. The number of carbonyl (C=O) groups excluding carboxylic acids is 5. The number of allylic oxidation sites excluding steroid dienone is 1. The first-order chi connectivity index (χ1) is 33.1. The summed E-state index contributed by atoms with van der Waals surface area (Å²) in [5.74, 6) is -3.49. The van der Waals surface area contributed by atoms with Crippen molar-refractivity contribution in [2.45, 2.75) is 110 Å². The highest BCUT2D eigenvalue weighted by atomic mass is 32.1. The molecule has 7 rings (SSSR count). The van der Waals surface area contributed by atoms with Gasteiger partial charge in [0.15, 0.2) is 0 Å². The molecule has 5 heterocycles. The van der Waals surface area contributed by atoms with Gasteiger partial charge in [-0.05, 0) is 103 Å². The molecule has 3 N–H and O–H groups in total. The van der Waals surface area contributed by atoms with E-state index in [1.165, 1.54) is 27.2 Å². The van der Waals surface area contributed by atoms with Gasteiger partial charge in [0, 0.05) is 73.8 Å². The molecule has 0 spiro atoms. The smallest absolute Gasteiger partial charge is 0.324 e. The number of thiocarbonyl (C=S) groups is 1. The molecule has 0 aliphatic carbocycles. The van der Waals surface area contributed by atoms with Gasteiger partial charge in [0.05, 0.1) is 39.8 Å². The summed E-state index contributed by atoms with van der Waals surface area (Å²) in [4.78, 5) is 78.3. The molecule has 3 radical (unpaired) electrons. The molecule has 371 valence electrons. The van der Waals surface area contributed by atoms with Crippen molar-refractivity contribution in [3.8, 4) is 22.4 Å². The highest BCUT2D eigenvalue weighted by Crippen LogP contribution is 2.42. The second kappa shape index (κ2) is 21.0. The van der Waals surface area contributed by atoms with E-state index in [2.05, 4.69) is 49.6 Å². The van der Waals surface area contributed by atoms with Crippen LogP contribution in [0.1, 0.15) is 83.7 Å². The van der Waals surface area contributed by atoms with Gasteiger partial charge in [-0.3, -0.25) is 34.0 Å². The number of cyclic esters (lactones) is 1. The van der Waals surface area contributed by atoms with Crippen molar-refractivity contribution >= 4 is 68.3 Å². The van der Waals surface area contributed by atoms with Crippen LogP contribution < -0.4 is 10.7 Å². The van der Waals surface area contributed by atoms with E-state index in [-0.39, 0.29) is 39.1 Å². The number of hydrogen-bond donors (Lipinski definition) is 3. The molecule has 3 aliphatic rings. The van der Waals surface area contributed by atoms with Crippen molar-refractivity contribution < 1.29 is 42.6 Å². The topological polar surface area (TPSA) is 166 Å². The fraction of sp³-hybridized carbons (Fsp3) is 0.481. The number of carbonyl (C=O) groups is 5. The number of pyridine rings is 1. The number of nitrogens with zero attached hydrogens (tertiary/aromatic N) is 5. The van der Waals surface area contributed by atoms with Crippen LogP contribution in [0.3, 0.4) is 0 Å². The number of amides is 4. The van der Waals surface area contributed by atoms with Crippen molar-refractivity contribution in [2.75, 3.05) is 33.3 Å². The minimum atomic E-state index is -2.82. The highest BCUT2D eigenvalue weighted by Gasteiger charge is 2.49. The highest BCUT2D eigenvalue weighted by molar-refractivity contribution is 7.79. The Kier molecular flexibility index (Phi) is 15.6. The molecule has 70 heavy (non-hydrogen) atoms. The van der Waals surface area contributed by atoms with Crippen LogP contribution in [0.5, 0.6) is 0 Å². The maximum absolute atomic E-state index is 15.0. The zero-order valence-corrected chi connectivity index (χ0v) is 42.6. The molecule has 6 bridgehead atoms. The summed E-state index contributed by atoms with van der Waals surface area (Å²) in [6, 6.07) is 15.8. The van der Waals surface area contributed by atoms with Crippen molar-refractivity contribution in [3.63, 3.8) is 0 Å². The number of benzene rings is 2. The second-order valence-corrected chi connectivity index (χ2v) is 21.1. The minimum absolute atomic E-state index is 0.0593. The number of likely N-dealkylation sites (tertiary alicyclic amines) is 1. The summed E-state index contributed by atoms with van der Waals surface area (Å²) >= 11 is 5.37. The predicted molar refractivity (Wildman–Crippen MR) is 267 cm³/mol. The fourth-order valence-electron chi connectivity index (χ4n) is 10.2. The molecule has 4 aromatic rings. The van der Waals surface area contributed by atoms with E-state index in [4.69, 9.17) is 17.0 Å². The van der Waals surface area contributed by atoms with E-state index >= 15 is 4.79 Å². The predicted octanol–water partition coefficient (Wildman–Crippen LogP) is 6.11. The average molecular weight is 995 g/mol. The molecular weight excluding hydrogens is 933 g/mol. The number of aliphatic hydroxyl groups excluding tert-OH is 1. The first kappa shape index (κ1) is 52.1. The number of hydrazine groups is 1. The Morgan fingerprint density at radius 1 is 1.07 bits per heavy atom. The number of ether oxygens (including phenoxy) is 1. The van der Waals surface area contributed by atoms with Crippen LogP contribution in [0.2, 0.25) is 0 Å². The molecule has 0 saturated carbocycles. The molecule has 2 fully saturated rings. The number of aryl methyl sites for hydroxylation is 1. The van der Waals surface area contributed by atoms with Gasteiger partial charge in [-0.2, -0.15) is 0 Å². The van der Waals surface area contributed by atoms with E-state index in [1.807, 2.05) is 56.3 Å². The van der Waals surface area contributed by atoms with Crippen LogP contribution in [-0.4, -0.2) is 132 Å². The molecular formula is C52H62F2N7O7SSi. The zero-order valence-electron chi connectivity index (χ0n) is 40.8. The normalized spacial score (nSPS) is 22.8. The summed E-state index contributed by atoms with van der Waals surface area (Å²) in [6.45, 7) is 12.2. The quantitative estimate of drug-likeness (QED) is 0.0691. The second-order valence-electron chi connectivity index (χ2n) is 20.0. The lowest BCUT2D eigenvalue weighted by atomic mass is 9.84. The van der Waals surface area contributed by atoms with Crippen LogP contribution >= 0.6 is 12.2 Å². The van der Waals surface area contributed by atoms with Crippen molar-refractivity contribution in [1.29, 1.82) is 0 Å². The molecule has 3 aliphatic heterocycles. The number of rotatable bonds is 11. The Bertz CT molecular complexity index is 2710. The molecule has 5 atom stereocenters. The van der Waals surface area contributed by atoms with E-state index in [0.29, 0.717) is 43.1 Å². The van der Waals surface area contributed by atoms with Crippen LogP contribution in [0.15, 0.2) is 72.9 Å². The maximum atomic E-state index is 15.0. The number of nitrogens with one attached hydrogen (secondary N) is 2. The van der Waals surface area contributed by atoms with Gasteiger partial charge in [0.2, 0.25) is 17.7 Å². The lowest BCUT2D eigenvalue weighted by Gasteiger charge is -2.41. The standard InChI is InChI=1S/C52H62F2N7O7SSi/c1-8-60-40-17-16-35-25-37(40)38(45(60)36-14-10-21-55-43(36)32(4)62)27-50(5,6)29-68-47(65)39-15-11-22-61(57-39)49(67)52(70,26-33-12-9-13-34(35)24-33)56-46(64)44(31(2)3)58(7)48(66)51(30-69)20-23-59(28-51)42(63)19-18-41(53)54/h9-10,12-14,16-19,21,24-25,30-32,39,41,44,57,62H,8,11,15,20,22-23,26-29H2,1-7H3,(H,56,64)/b19-18+/t32-,39-,44-,51+,52+/m0/s1. The van der Waals surface area contributed by atoms with Gasteiger partial charge in [0.25, 0.3) is 12.3 Å². The summed E-state index contributed by atoms with van der Waals surface area (Å²) in [7, 11) is 5.27. The molecule has 2 saturated heterocycles. The van der Waals surface area contributed by atoms with E-state index in [0.717, 1.165) is 44.9 Å². The molecule has 4 amide bonds. The number of aromatic nitrogens is 2. The monoisotopic (exact) mass is 994 g/mol. The first-order valence-corrected chi connectivity index (χ1v) is 24.8. The summed E-state index contributed by atoms with van der Waals surface area (Å²) < 4.78 is 34.1. The summed E-state index contributed by atoms with van der Waals surface area (Å²) in [5.41, 5.74) is 7.85. The van der Waals surface area contributed by atoms with Crippen LogP contribution in [0, 0.1) is 16.7 Å². The Morgan fingerprint density at radius 3 is 2.50 bits per heavy atom.